The zero-order valence-corrected chi connectivity index (χ0v) is 13.3. The van der Waals surface area contributed by atoms with E-state index in [-0.39, 0.29) is 5.41 Å². The van der Waals surface area contributed by atoms with Crippen molar-refractivity contribution in [3.05, 3.63) is 84.5 Å². The van der Waals surface area contributed by atoms with E-state index in [4.69, 9.17) is 0 Å². The first kappa shape index (κ1) is 15.3. The summed E-state index contributed by atoms with van der Waals surface area (Å²) >= 11 is 0. The van der Waals surface area contributed by atoms with Crippen LogP contribution in [0.5, 0.6) is 0 Å². The van der Waals surface area contributed by atoms with E-state index < -0.39 is 0 Å². The molecule has 0 aliphatic heterocycles. The molecule has 0 aromatic heterocycles. The summed E-state index contributed by atoms with van der Waals surface area (Å²) in [6, 6.07) is 19.3. The summed E-state index contributed by atoms with van der Waals surface area (Å²) in [6.45, 7) is 10.6. The Bertz CT molecular complexity index is 625. The Morgan fingerprint density at radius 1 is 0.952 bits per heavy atom. The van der Waals surface area contributed by atoms with Crippen LogP contribution in [0.15, 0.2) is 78.9 Å². The first-order chi connectivity index (χ1) is 10.0. The van der Waals surface area contributed by atoms with E-state index in [1.807, 2.05) is 6.08 Å². The monoisotopic (exact) mass is 276 g/mol. The van der Waals surface area contributed by atoms with Crippen LogP contribution in [0.3, 0.4) is 0 Å². The summed E-state index contributed by atoms with van der Waals surface area (Å²) in [6.07, 6.45) is 5.21. The lowest BCUT2D eigenvalue weighted by molar-refractivity contribution is 0.515. The Kier molecular flexibility index (Phi) is 4.80. The topological polar surface area (TPSA) is 0 Å². The van der Waals surface area contributed by atoms with Crippen molar-refractivity contribution in [3.63, 3.8) is 0 Å². The van der Waals surface area contributed by atoms with Gasteiger partial charge in [0, 0.05) is 0 Å². The van der Waals surface area contributed by atoms with Crippen LogP contribution in [0.4, 0.5) is 0 Å². The molecule has 0 radical (unpaired) electrons. The molecule has 0 saturated carbocycles. The molecule has 2 rings (SSSR count). The third kappa shape index (κ3) is 4.19. The Balaban J connectivity index is 2.23. The molecule has 0 unspecified atom stereocenters. The van der Waals surface area contributed by atoms with E-state index in [1.165, 1.54) is 22.3 Å². The minimum absolute atomic E-state index is 0.152. The van der Waals surface area contributed by atoms with Crippen molar-refractivity contribution < 1.29 is 0 Å². The van der Waals surface area contributed by atoms with E-state index in [9.17, 15) is 0 Å². The van der Waals surface area contributed by atoms with Crippen LogP contribution in [0, 0.1) is 5.41 Å². The van der Waals surface area contributed by atoms with Crippen molar-refractivity contribution in [2.45, 2.75) is 27.2 Å². The second-order valence-corrected chi connectivity index (χ2v) is 6.38. The fourth-order valence-electron chi connectivity index (χ4n) is 2.43. The number of rotatable bonds is 4. The first-order valence-corrected chi connectivity index (χ1v) is 7.48. The van der Waals surface area contributed by atoms with Crippen molar-refractivity contribution in [3.8, 4) is 11.1 Å². The van der Waals surface area contributed by atoms with Crippen LogP contribution in [-0.2, 0) is 6.42 Å². The predicted octanol–water partition coefficient (Wildman–Crippen LogP) is 6.05. The maximum Gasteiger partial charge on any atom is -0.00912 e. The van der Waals surface area contributed by atoms with Crippen LogP contribution in [0.1, 0.15) is 26.3 Å². The molecule has 0 heterocycles. The minimum atomic E-state index is 0.152. The highest BCUT2D eigenvalue weighted by Gasteiger charge is 2.13. The van der Waals surface area contributed by atoms with E-state index in [0.29, 0.717) is 0 Å². The fraction of sp³-hybridized carbons (Fsp3) is 0.238. The molecular weight excluding hydrogens is 252 g/mol. The summed E-state index contributed by atoms with van der Waals surface area (Å²) in [5, 5.41) is 0. The highest BCUT2D eigenvalue weighted by Crippen LogP contribution is 2.27. The lowest BCUT2D eigenvalue weighted by atomic mass is 9.85. The van der Waals surface area contributed by atoms with E-state index in [2.05, 4.69) is 88.0 Å². The number of allylic oxidation sites excluding steroid dienone is 3. The van der Waals surface area contributed by atoms with Crippen LogP contribution < -0.4 is 0 Å². The van der Waals surface area contributed by atoms with E-state index >= 15 is 0 Å². The van der Waals surface area contributed by atoms with Crippen molar-refractivity contribution in [2.75, 3.05) is 0 Å². The Morgan fingerprint density at radius 2 is 1.62 bits per heavy atom. The first-order valence-electron chi connectivity index (χ1n) is 7.48. The molecule has 0 N–H and O–H groups in total. The maximum absolute atomic E-state index is 3.94. The summed E-state index contributed by atoms with van der Waals surface area (Å²) in [7, 11) is 0. The molecule has 0 aliphatic carbocycles. The third-order valence-corrected chi connectivity index (χ3v) is 3.68. The Labute approximate surface area is 128 Å². The smallest absolute Gasteiger partial charge is 0.00912 e. The van der Waals surface area contributed by atoms with Gasteiger partial charge in [-0.05, 0) is 34.1 Å². The minimum Gasteiger partial charge on any atom is -0.0988 e. The average molecular weight is 276 g/mol. The van der Waals surface area contributed by atoms with Gasteiger partial charge in [-0.1, -0.05) is 94.1 Å². The molecule has 0 fully saturated rings. The normalized spacial score (nSPS) is 12.2. The van der Waals surface area contributed by atoms with Crippen LogP contribution in [-0.4, -0.2) is 0 Å². The van der Waals surface area contributed by atoms with Crippen molar-refractivity contribution in [1.82, 2.24) is 0 Å². The van der Waals surface area contributed by atoms with Gasteiger partial charge in [-0.2, -0.15) is 0 Å². The van der Waals surface area contributed by atoms with Crippen LogP contribution in [0.25, 0.3) is 11.1 Å². The van der Waals surface area contributed by atoms with Gasteiger partial charge in [-0.3, -0.25) is 0 Å². The number of benzene rings is 2. The Morgan fingerprint density at radius 3 is 2.24 bits per heavy atom. The quantitative estimate of drug-likeness (QED) is 0.596. The SMILES string of the molecule is C=C/C(=C\Cc1cccc(-c2ccccc2)c1)C(C)(C)C. The second-order valence-electron chi connectivity index (χ2n) is 6.38. The van der Waals surface area contributed by atoms with Gasteiger partial charge >= 0.3 is 0 Å². The predicted molar refractivity (Wildman–Crippen MR) is 93.3 cm³/mol. The molecule has 108 valence electrons. The zero-order chi connectivity index (χ0) is 15.3. The average Bonchev–Trinajstić information content (AvgIpc) is 2.48. The molecule has 0 heteroatoms. The van der Waals surface area contributed by atoms with E-state index in [1.54, 1.807) is 0 Å². The van der Waals surface area contributed by atoms with Gasteiger partial charge in [0.2, 0.25) is 0 Å². The molecule has 0 spiro atoms. The van der Waals surface area contributed by atoms with Gasteiger partial charge in [-0.25, -0.2) is 0 Å². The highest BCUT2D eigenvalue weighted by molar-refractivity contribution is 5.64. The van der Waals surface area contributed by atoms with Gasteiger partial charge in [0.05, 0.1) is 0 Å². The van der Waals surface area contributed by atoms with Gasteiger partial charge in [-0.15, -0.1) is 0 Å². The molecule has 0 amide bonds. The van der Waals surface area contributed by atoms with Crippen LogP contribution >= 0.6 is 0 Å². The standard InChI is InChI=1S/C21H24/c1-5-20(21(2,3)4)15-14-17-10-9-13-19(16-17)18-11-7-6-8-12-18/h5-13,15-16H,1,14H2,2-4H3/b20-15+. The lowest BCUT2D eigenvalue weighted by Crippen LogP contribution is -2.07. The molecule has 21 heavy (non-hydrogen) atoms. The summed E-state index contributed by atoms with van der Waals surface area (Å²) in [4.78, 5) is 0. The fourth-order valence-corrected chi connectivity index (χ4v) is 2.43. The number of hydrogen-bond donors (Lipinski definition) is 0. The highest BCUT2D eigenvalue weighted by atomic mass is 14.2. The maximum atomic E-state index is 3.94. The summed E-state index contributed by atoms with van der Waals surface area (Å²) < 4.78 is 0. The molecule has 0 nitrogen and oxygen atoms in total. The lowest BCUT2D eigenvalue weighted by Gasteiger charge is -2.20. The molecule has 2 aromatic carbocycles. The van der Waals surface area contributed by atoms with Gasteiger partial charge in [0.1, 0.15) is 0 Å². The van der Waals surface area contributed by atoms with Gasteiger partial charge in [0.15, 0.2) is 0 Å². The third-order valence-electron chi connectivity index (χ3n) is 3.68. The Hall–Kier alpha value is -2.08. The molecule has 0 saturated heterocycles. The molecular formula is C21H24. The van der Waals surface area contributed by atoms with Gasteiger partial charge < -0.3 is 0 Å². The molecule has 2 aromatic rings. The molecule has 0 aliphatic rings. The van der Waals surface area contributed by atoms with Crippen LogP contribution in [0.2, 0.25) is 0 Å². The van der Waals surface area contributed by atoms with E-state index in [0.717, 1.165) is 6.42 Å². The zero-order valence-electron chi connectivity index (χ0n) is 13.3. The molecule has 0 atom stereocenters. The van der Waals surface area contributed by atoms with Crippen molar-refractivity contribution in [1.29, 1.82) is 0 Å². The summed E-state index contributed by atoms with van der Waals surface area (Å²) in [5.41, 5.74) is 5.33. The van der Waals surface area contributed by atoms with Gasteiger partial charge in [0.25, 0.3) is 0 Å². The molecule has 0 bridgehead atoms. The number of hydrogen-bond acceptors (Lipinski definition) is 0. The van der Waals surface area contributed by atoms with Crippen molar-refractivity contribution >= 4 is 0 Å². The second kappa shape index (κ2) is 6.58. The summed E-state index contributed by atoms with van der Waals surface area (Å²) in [5.74, 6) is 0. The van der Waals surface area contributed by atoms with Crippen molar-refractivity contribution in [2.24, 2.45) is 5.41 Å². The largest absolute Gasteiger partial charge is 0.0988 e.